The maximum absolute atomic E-state index is 5.78. The van der Waals surface area contributed by atoms with Gasteiger partial charge in [-0.05, 0) is 25.1 Å². The van der Waals surface area contributed by atoms with Crippen LogP contribution in [0.25, 0.3) is 0 Å². The van der Waals surface area contributed by atoms with Crippen LogP contribution in [0, 0.1) is 0 Å². The van der Waals surface area contributed by atoms with Gasteiger partial charge < -0.3 is 15.5 Å². The van der Waals surface area contributed by atoms with Crippen molar-refractivity contribution in [3.8, 4) is 5.75 Å². The lowest BCUT2D eigenvalue weighted by molar-refractivity contribution is 0.337. The second-order valence-corrected chi connectivity index (χ2v) is 4.45. The SMILES string of the molecule is CCOc1ccc(N)cc1CSc1ncc[nH]1. The molecule has 0 fully saturated rings. The first kappa shape index (κ1) is 11.9. The van der Waals surface area contributed by atoms with Crippen LogP contribution in [0.4, 0.5) is 5.69 Å². The topological polar surface area (TPSA) is 63.9 Å². The molecule has 0 spiro atoms. The fourth-order valence-electron chi connectivity index (χ4n) is 1.48. The van der Waals surface area contributed by atoms with Crippen molar-refractivity contribution in [3.05, 3.63) is 36.2 Å². The number of thioether (sulfide) groups is 1. The molecule has 4 nitrogen and oxygen atoms in total. The fraction of sp³-hybridized carbons (Fsp3) is 0.250. The number of hydrogen-bond acceptors (Lipinski definition) is 4. The summed E-state index contributed by atoms with van der Waals surface area (Å²) in [4.78, 5) is 7.22. The van der Waals surface area contributed by atoms with Gasteiger partial charge in [-0.25, -0.2) is 4.98 Å². The number of nitrogens with zero attached hydrogens (tertiary/aromatic N) is 1. The quantitative estimate of drug-likeness (QED) is 0.631. The first-order valence-corrected chi connectivity index (χ1v) is 6.41. The van der Waals surface area contributed by atoms with Crippen molar-refractivity contribution in [2.75, 3.05) is 12.3 Å². The summed E-state index contributed by atoms with van der Waals surface area (Å²) in [5, 5.41) is 0.898. The highest BCUT2D eigenvalue weighted by Gasteiger charge is 2.05. The number of nitrogens with two attached hydrogens (primary N) is 1. The van der Waals surface area contributed by atoms with Crippen LogP contribution in [0.15, 0.2) is 35.7 Å². The minimum atomic E-state index is 0.655. The highest BCUT2D eigenvalue weighted by atomic mass is 32.2. The van der Waals surface area contributed by atoms with E-state index in [0.29, 0.717) is 6.61 Å². The summed E-state index contributed by atoms with van der Waals surface area (Å²) in [6.45, 7) is 2.63. The summed E-state index contributed by atoms with van der Waals surface area (Å²) < 4.78 is 5.56. The van der Waals surface area contributed by atoms with Gasteiger partial charge in [0.25, 0.3) is 0 Å². The highest BCUT2D eigenvalue weighted by molar-refractivity contribution is 7.98. The zero-order chi connectivity index (χ0) is 12.1. The van der Waals surface area contributed by atoms with Crippen molar-refractivity contribution in [1.82, 2.24) is 9.97 Å². The molecule has 1 aromatic carbocycles. The van der Waals surface area contributed by atoms with Crippen molar-refractivity contribution >= 4 is 17.4 Å². The number of anilines is 1. The Labute approximate surface area is 105 Å². The summed E-state index contributed by atoms with van der Waals surface area (Å²) in [5.74, 6) is 1.68. The number of benzene rings is 1. The standard InChI is InChI=1S/C12H15N3OS/c1-2-16-11-4-3-10(13)7-9(11)8-17-12-14-5-6-15-12/h3-7H,2,8,13H2,1H3,(H,14,15). The molecule has 0 atom stereocenters. The van der Waals surface area contributed by atoms with Crippen molar-refractivity contribution < 1.29 is 4.74 Å². The molecule has 2 rings (SSSR count). The second kappa shape index (κ2) is 5.63. The van der Waals surface area contributed by atoms with E-state index in [1.54, 1.807) is 18.0 Å². The number of H-pyrrole nitrogens is 1. The number of rotatable bonds is 5. The minimum Gasteiger partial charge on any atom is -0.494 e. The van der Waals surface area contributed by atoms with Crippen LogP contribution in [0.3, 0.4) is 0 Å². The minimum absolute atomic E-state index is 0.655. The number of hydrogen-bond donors (Lipinski definition) is 2. The van der Waals surface area contributed by atoms with Gasteiger partial charge in [0, 0.05) is 29.4 Å². The number of ether oxygens (including phenoxy) is 1. The van der Waals surface area contributed by atoms with Crippen LogP contribution in [0.2, 0.25) is 0 Å². The van der Waals surface area contributed by atoms with Crippen LogP contribution in [-0.4, -0.2) is 16.6 Å². The van der Waals surface area contributed by atoms with E-state index in [1.807, 2.05) is 31.3 Å². The lowest BCUT2D eigenvalue weighted by atomic mass is 10.2. The van der Waals surface area contributed by atoms with Gasteiger partial charge in [-0.1, -0.05) is 11.8 Å². The predicted octanol–water partition coefficient (Wildman–Crippen LogP) is 2.68. The van der Waals surface area contributed by atoms with Gasteiger partial charge in [0.05, 0.1) is 6.61 Å². The Hall–Kier alpha value is -1.62. The van der Waals surface area contributed by atoms with E-state index in [2.05, 4.69) is 9.97 Å². The molecule has 0 saturated carbocycles. The van der Waals surface area contributed by atoms with Gasteiger partial charge in [-0.3, -0.25) is 0 Å². The average molecular weight is 249 g/mol. The maximum atomic E-state index is 5.78. The summed E-state index contributed by atoms with van der Waals surface area (Å²) in [7, 11) is 0. The zero-order valence-corrected chi connectivity index (χ0v) is 10.5. The zero-order valence-electron chi connectivity index (χ0n) is 9.64. The third-order valence-electron chi connectivity index (χ3n) is 2.22. The van der Waals surface area contributed by atoms with E-state index in [1.165, 1.54) is 0 Å². The van der Waals surface area contributed by atoms with Crippen molar-refractivity contribution in [2.24, 2.45) is 0 Å². The van der Waals surface area contributed by atoms with Gasteiger partial charge >= 0.3 is 0 Å². The molecule has 90 valence electrons. The Morgan fingerprint density at radius 3 is 3.06 bits per heavy atom. The lowest BCUT2D eigenvalue weighted by Crippen LogP contribution is -1.97. The van der Waals surface area contributed by atoms with Crippen LogP contribution >= 0.6 is 11.8 Å². The molecule has 5 heteroatoms. The Morgan fingerprint density at radius 1 is 1.47 bits per heavy atom. The summed E-state index contributed by atoms with van der Waals surface area (Å²) in [6.07, 6.45) is 3.55. The molecule has 0 radical (unpaired) electrons. The number of imidazole rings is 1. The van der Waals surface area contributed by atoms with Crippen LogP contribution in [0.1, 0.15) is 12.5 Å². The first-order chi connectivity index (χ1) is 8.29. The van der Waals surface area contributed by atoms with Gasteiger partial charge in [-0.15, -0.1) is 0 Å². The summed E-state index contributed by atoms with van der Waals surface area (Å²) in [5.41, 5.74) is 7.63. The smallest absolute Gasteiger partial charge is 0.165 e. The van der Waals surface area contributed by atoms with Crippen molar-refractivity contribution in [1.29, 1.82) is 0 Å². The molecule has 2 aromatic rings. The third kappa shape index (κ3) is 3.17. The highest BCUT2D eigenvalue weighted by Crippen LogP contribution is 2.28. The van der Waals surface area contributed by atoms with Crippen molar-refractivity contribution in [2.45, 2.75) is 17.8 Å². The fourth-order valence-corrected chi connectivity index (χ4v) is 2.29. The van der Waals surface area contributed by atoms with Gasteiger partial charge in [0.15, 0.2) is 5.16 Å². The Bertz CT molecular complexity index is 471. The average Bonchev–Trinajstić information content (AvgIpc) is 2.82. The van der Waals surface area contributed by atoms with E-state index >= 15 is 0 Å². The van der Waals surface area contributed by atoms with Gasteiger partial charge in [-0.2, -0.15) is 0 Å². The Balaban J connectivity index is 2.10. The largest absolute Gasteiger partial charge is 0.494 e. The monoisotopic (exact) mass is 249 g/mol. The third-order valence-corrected chi connectivity index (χ3v) is 3.17. The molecule has 1 heterocycles. The number of aromatic amines is 1. The van der Waals surface area contributed by atoms with Crippen LogP contribution < -0.4 is 10.5 Å². The molecule has 0 unspecified atom stereocenters. The second-order valence-electron chi connectivity index (χ2n) is 3.48. The number of nitrogens with one attached hydrogen (secondary N) is 1. The maximum Gasteiger partial charge on any atom is 0.165 e. The van der Waals surface area contributed by atoms with Gasteiger partial charge in [0.1, 0.15) is 5.75 Å². The van der Waals surface area contributed by atoms with Gasteiger partial charge in [0.2, 0.25) is 0 Å². The molecule has 3 N–H and O–H groups in total. The molecule has 0 aliphatic rings. The molecule has 0 aliphatic heterocycles. The molecule has 0 saturated heterocycles. The predicted molar refractivity (Wildman–Crippen MR) is 70.2 cm³/mol. The molecule has 17 heavy (non-hydrogen) atoms. The number of nitrogen functional groups attached to an aromatic ring is 1. The molecule has 0 aliphatic carbocycles. The van der Waals surface area contributed by atoms with E-state index in [-0.39, 0.29) is 0 Å². The van der Waals surface area contributed by atoms with E-state index in [9.17, 15) is 0 Å². The molecular weight excluding hydrogens is 234 g/mol. The molecule has 0 amide bonds. The van der Waals surface area contributed by atoms with Crippen LogP contribution in [0.5, 0.6) is 5.75 Å². The normalized spacial score (nSPS) is 10.4. The molecular formula is C12H15N3OS. The van der Waals surface area contributed by atoms with E-state index in [4.69, 9.17) is 10.5 Å². The van der Waals surface area contributed by atoms with E-state index < -0.39 is 0 Å². The molecule has 1 aromatic heterocycles. The van der Waals surface area contributed by atoms with Crippen LogP contribution in [-0.2, 0) is 5.75 Å². The lowest BCUT2D eigenvalue weighted by Gasteiger charge is -2.10. The Kier molecular flexibility index (Phi) is 3.93. The van der Waals surface area contributed by atoms with E-state index in [0.717, 1.165) is 27.9 Å². The Morgan fingerprint density at radius 2 is 2.35 bits per heavy atom. The number of aromatic nitrogens is 2. The van der Waals surface area contributed by atoms with Crippen molar-refractivity contribution in [3.63, 3.8) is 0 Å². The summed E-state index contributed by atoms with van der Waals surface area (Å²) >= 11 is 1.63. The molecule has 0 bridgehead atoms. The first-order valence-electron chi connectivity index (χ1n) is 5.43. The summed E-state index contributed by atoms with van der Waals surface area (Å²) in [6, 6.07) is 5.71.